The minimum absolute atomic E-state index is 0.164. The van der Waals surface area contributed by atoms with E-state index in [1.165, 1.54) is 6.07 Å². The number of aromatic amines is 1. The maximum absolute atomic E-state index is 12.2. The first-order valence-electron chi connectivity index (χ1n) is 6.45. The molecule has 1 aromatic carbocycles. The van der Waals surface area contributed by atoms with Crippen LogP contribution in [0, 0.1) is 11.3 Å². The van der Waals surface area contributed by atoms with Crippen LogP contribution in [0.5, 0.6) is 0 Å². The molecule has 3 rings (SSSR count). The fourth-order valence-corrected chi connectivity index (χ4v) is 2.32. The Bertz CT molecular complexity index is 757. The van der Waals surface area contributed by atoms with E-state index in [0.29, 0.717) is 27.9 Å². The first-order chi connectivity index (χ1) is 10.1. The van der Waals surface area contributed by atoms with E-state index in [4.69, 9.17) is 22.6 Å². The lowest BCUT2D eigenvalue weighted by molar-refractivity contribution is 0.102. The van der Waals surface area contributed by atoms with Crippen LogP contribution in [-0.2, 0) is 0 Å². The second-order valence-electron chi connectivity index (χ2n) is 4.93. The van der Waals surface area contributed by atoms with Crippen LogP contribution in [0.4, 0.5) is 11.4 Å². The molecule has 0 atom stereocenters. The number of H-pyrrole nitrogens is 1. The van der Waals surface area contributed by atoms with E-state index in [1.807, 2.05) is 6.07 Å². The molecule has 7 heteroatoms. The number of halogens is 1. The van der Waals surface area contributed by atoms with Gasteiger partial charge in [0, 0.05) is 5.92 Å². The highest BCUT2D eigenvalue weighted by atomic mass is 35.5. The Hall–Kier alpha value is -2.52. The van der Waals surface area contributed by atoms with E-state index >= 15 is 0 Å². The second-order valence-corrected chi connectivity index (χ2v) is 5.34. The predicted molar refractivity (Wildman–Crippen MR) is 79.1 cm³/mol. The first kappa shape index (κ1) is 13.5. The molecule has 1 aromatic heterocycles. The highest BCUT2D eigenvalue weighted by Gasteiger charge is 2.30. The normalized spacial score (nSPS) is 13.7. The number of anilines is 2. The number of amides is 1. The highest BCUT2D eigenvalue weighted by Crippen LogP contribution is 2.42. The molecule has 4 N–H and O–H groups in total. The van der Waals surface area contributed by atoms with Crippen LogP contribution in [0.1, 0.15) is 40.5 Å². The SMILES string of the molecule is N#Cc1ccc(NC(=O)c2n[nH]c(C3CC3)c2N)c(Cl)c1. The summed E-state index contributed by atoms with van der Waals surface area (Å²) < 4.78 is 0. The van der Waals surface area contributed by atoms with Crippen LogP contribution in [0.25, 0.3) is 0 Å². The number of nitrogens with two attached hydrogens (primary N) is 1. The van der Waals surface area contributed by atoms with Crippen molar-refractivity contribution in [1.29, 1.82) is 5.26 Å². The molecule has 0 unspecified atom stereocenters. The molecular formula is C14H12ClN5O. The monoisotopic (exact) mass is 301 g/mol. The van der Waals surface area contributed by atoms with Crippen molar-refractivity contribution >= 4 is 28.9 Å². The molecule has 106 valence electrons. The number of nitriles is 1. The number of hydrogen-bond acceptors (Lipinski definition) is 4. The zero-order valence-corrected chi connectivity index (χ0v) is 11.7. The summed E-state index contributed by atoms with van der Waals surface area (Å²) in [6.45, 7) is 0. The lowest BCUT2D eigenvalue weighted by atomic mass is 10.2. The third-order valence-corrected chi connectivity index (χ3v) is 3.69. The number of benzene rings is 1. The van der Waals surface area contributed by atoms with Crippen molar-refractivity contribution in [1.82, 2.24) is 10.2 Å². The summed E-state index contributed by atoms with van der Waals surface area (Å²) in [5.74, 6) is -0.0418. The number of carbonyl (C=O) groups is 1. The third kappa shape index (κ3) is 2.56. The third-order valence-electron chi connectivity index (χ3n) is 3.38. The lowest BCUT2D eigenvalue weighted by Crippen LogP contribution is -2.14. The maximum atomic E-state index is 12.2. The minimum atomic E-state index is -0.428. The lowest BCUT2D eigenvalue weighted by Gasteiger charge is -2.06. The van der Waals surface area contributed by atoms with Crippen molar-refractivity contribution in [2.45, 2.75) is 18.8 Å². The smallest absolute Gasteiger partial charge is 0.278 e. The van der Waals surface area contributed by atoms with Crippen molar-refractivity contribution < 1.29 is 4.79 Å². The Balaban J connectivity index is 1.82. The number of aromatic nitrogens is 2. The molecule has 21 heavy (non-hydrogen) atoms. The van der Waals surface area contributed by atoms with E-state index in [-0.39, 0.29) is 5.69 Å². The van der Waals surface area contributed by atoms with Gasteiger partial charge in [0.05, 0.1) is 33.7 Å². The predicted octanol–water partition coefficient (Wildman–Crippen LogP) is 2.65. The second kappa shape index (κ2) is 5.11. The Labute approximate surface area is 125 Å². The molecule has 0 saturated heterocycles. The summed E-state index contributed by atoms with van der Waals surface area (Å²) >= 11 is 6.02. The molecule has 6 nitrogen and oxygen atoms in total. The number of carbonyl (C=O) groups excluding carboxylic acids is 1. The van der Waals surface area contributed by atoms with Gasteiger partial charge in [0.25, 0.3) is 5.91 Å². The van der Waals surface area contributed by atoms with Crippen LogP contribution in [0.3, 0.4) is 0 Å². The van der Waals surface area contributed by atoms with Gasteiger partial charge in [-0.05, 0) is 31.0 Å². The number of nitrogen functional groups attached to an aromatic ring is 1. The Kier molecular flexibility index (Phi) is 3.28. The molecule has 0 radical (unpaired) electrons. The van der Waals surface area contributed by atoms with Crippen LogP contribution < -0.4 is 11.1 Å². The van der Waals surface area contributed by atoms with Gasteiger partial charge in [-0.25, -0.2) is 0 Å². The molecule has 2 aromatic rings. The van der Waals surface area contributed by atoms with Crippen molar-refractivity contribution in [3.63, 3.8) is 0 Å². The van der Waals surface area contributed by atoms with Crippen LogP contribution in [0.15, 0.2) is 18.2 Å². The first-order valence-corrected chi connectivity index (χ1v) is 6.82. The van der Waals surface area contributed by atoms with E-state index in [1.54, 1.807) is 12.1 Å². The van der Waals surface area contributed by atoms with Gasteiger partial charge in [0.2, 0.25) is 0 Å². The quantitative estimate of drug-likeness (QED) is 0.809. The molecule has 1 saturated carbocycles. The van der Waals surface area contributed by atoms with Gasteiger partial charge in [-0.2, -0.15) is 10.4 Å². The van der Waals surface area contributed by atoms with E-state index < -0.39 is 5.91 Å². The van der Waals surface area contributed by atoms with Crippen molar-refractivity contribution in [3.8, 4) is 6.07 Å². The Morgan fingerprint density at radius 3 is 2.90 bits per heavy atom. The van der Waals surface area contributed by atoms with Gasteiger partial charge in [-0.15, -0.1) is 0 Å². The van der Waals surface area contributed by atoms with E-state index in [2.05, 4.69) is 15.5 Å². The number of nitrogens with zero attached hydrogens (tertiary/aromatic N) is 2. The summed E-state index contributed by atoms with van der Waals surface area (Å²) in [7, 11) is 0. The maximum Gasteiger partial charge on any atom is 0.278 e. The van der Waals surface area contributed by atoms with Crippen molar-refractivity contribution in [2.75, 3.05) is 11.1 Å². The van der Waals surface area contributed by atoms with Gasteiger partial charge in [0.15, 0.2) is 5.69 Å². The van der Waals surface area contributed by atoms with Crippen molar-refractivity contribution in [3.05, 3.63) is 40.2 Å². The van der Waals surface area contributed by atoms with Gasteiger partial charge in [0.1, 0.15) is 0 Å². The largest absolute Gasteiger partial charge is 0.395 e. The molecule has 0 aliphatic heterocycles. The molecule has 1 fully saturated rings. The molecule has 0 spiro atoms. The number of rotatable bonds is 3. The fraction of sp³-hybridized carbons (Fsp3) is 0.214. The number of nitrogens with one attached hydrogen (secondary N) is 2. The standard InChI is InChI=1S/C14H12ClN5O/c15-9-5-7(6-16)1-4-10(9)18-14(21)13-11(17)12(19-20-13)8-2-3-8/h1,4-5,8H,2-3,17H2,(H,18,21)(H,19,20). The fourth-order valence-electron chi connectivity index (χ4n) is 2.09. The molecule has 1 amide bonds. The number of hydrogen-bond donors (Lipinski definition) is 3. The van der Waals surface area contributed by atoms with Gasteiger partial charge in [-0.1, -0.05) is 11.6 Å². The van der Waals surface area contributed by atoms with Gasteiger partial charge < -0.3 is 11.1 Å². The summed E-state index contributed by atoms with van der Waals surface area (Å²) in [4.78, 5) is 12.2. The Morgan fingerprint density at radius 2 is 2.29 bits per heavy atom. The summed E-state index contributed by atoms with van der Waals surface area (Å²) in [5, 5.41) is 18.5. The Morgan fingerprint density at radius 1 is 1.52 bits per heavy atom. The van der Waals surface area contributed by atoms with Gasteiger partial charge >= 0.3 is 0 Å². The summed E-state index contributed by atoms with van der Waals surface area (Å²) in [5.41, 5.74) is 8.17. The highest BCUT2D eigenvalue weighted by molar-refractivity contribution is 6.34. The molecule has 1 aliphatic rings. The molecule has 1 heterocycles. The van der Waals surface area contributed by atoms with Crippen LogP contribution in [-0.4, -0.2) is 16.1 Å². The zero-order chi connectivity index (χ0) is 15.0. The molecular weight excluding hydrogens is 290 g/mol. The van der Waals surface area contributed by atoms with Crippen molar-refractivity contribution in [2.24, 2.45) is 0 Å². The molecule has 0 bridgehead atoms. The zero-order valence-electron chi connectivity index (χ0n) is 11.0. The van der Waals surface area contributed by atoms with Crippen LogP contribution >= 0.6 is 11.6 Å². The summed E-state index contributed by atoms with van der Waals surface area (Å²) in [6, 6.07) is 6.61. The molecule has 1 aliphatic carbocycles. The average Bonchev–Trinajstić information content (AvgIpc) is 3.24. The van der Waals surface area contributed by atoms with E-state index in [9.17, 15) is 4.79 Å². The average molecular weight is 302 g/mol. The summed E-state index contributed by atoms with van der Waals surface area (Å²) in [6.07, 6.45) is 2.13. The van der Waals surface area contributed by atoms with Crippen LogP contribution in [0.2, 0.25) is 5.02 Å². The van der Waals surface area contributed by atoms with Gasteiger partial charge in [-0.3, -0.25) is 9.89 Å². The minimum Gasteiger partial charge on any atom is -0.395 e. The topological polar surface area (TPSA) is 108 Å². The van der Waals surface area contributed by atoms with E-state index in [0.717, 1.165) is 18.5 Å².